The van der Waals surface area contributed by atoms with Crippen molar-refractivity contribution in [2.75, 3.05) is 13.7 Å². The van der Waals surface area contributed by atoms with Crippen LogP contribution in [-0.2, 0) is 22.5 Å². The number of amides is 1. The van der Waals surface area contributed by atoms with Crippen LogP contribution in [-0.4, -0.2) is 52.3 Å². The van der Waals surface area contributed by atoms with Crippen molar-refractivity contribution in [2.45, 2.75) is 38.5 Å². The topological polar surface area (TPSA) is 88.8 Å². The van der Waals surface area contributed by atoms with E-state index in [0.717, 1.165) is 5.56 Å². The summed E-state index contributed by atoms with van der Waals surface area (Å²) >= 11 is 0. The molecule has 1 aliphatic heterocycles. The Hall–Kier alpha value is -2.93. The first-order valence-electron chi connectivity index (χ1n) is 9.23. The molecule has 1 aliphatic rings. The van der Waals surface area contributed by atoms with Crippen LogP contribution >= 0.6 is 0 Å². The number of pyridine rings is 1. The van der Waals surface area contributed by atoms with Gasteiger partial charge in [0.25, 0.3) is 11.5 Å². The lowest BCUT2D eigenvalue weighted by molar-refractivity contribution is -0.145. The number of benzene rings is 1. The van der Waals surface area contributed by atoms with E-state index in [0.29, 0.717) is 18.5 Å². The first-order chi connectivity index (χ1) is 13.4. The second kappa shape index (κ2) is 8.39. The summed E-state index contributed by atoms with van der Waals surface area (Å²) in [7, 11) is 1.24. The van der Waals surface area contributed by atoms with Gasteiger partial charge in [-0.15, -0.1) is 0 Å². The largest absolute Gasteiger partial charge is 0.467 e. The Morgan fingerprint density at radius 3 is 2.61 bits per heavy atom. The zero-order chi connectivity index (χ0) is 20.3. The zero-order valence-corrected chi connectivity index (χ0v) is 16.0. The van der Waals surface area contributed by atoms with E-state index in [2.05, 4.69) is 0 Å². The molecule has 1 amide bonds. The lowest BCUT2D eigenvalue weighted by Crippen LogP contribution is -2.44. The molecule has 2 heterocycles. The van der Waals surface area contributed by atoms with Gasteiger partial charge in [-0.05, 0) is 30.5 Å². The summed E-state index contributed by atoms with van der Waals surface area (Å²) in [5.74, 6) is -1.15. The summed E-state index contributed by atoms with van der Waals surface area (Å²) in [6.45, 7) is 2.12. The maximum Gasteiger partial charge on any atom is 0.328 e. The van der Waals surface area contributed by atoms with Crippen molar-refractivity contribution < 1.29 is 19.4 Å². The number of carbonyl (C=O) groups excluding carboxylic acids is 2. The summed E-state index contributed by atoms with van der Waals surface area (Å²) in [5, 5.41) is 9.93. The number of likely N-dealkylation sites (tertiary alicyclic amines) is 1. The average Bonchev–Trinajstić information content (AvgIpc) is 3.09. The van der Waals surface area contributed by atoms with Crippen molar-refractivity contribution in [3.8, 4) is 0 Å². The average molecular weight is 384 g/mol. The van der Waals surface area contributed by atoms with Gasteiger partial charge in [-0.2, -0.15) is 0 Å². The molecule has 0 spiro atoms. The van der Waals surface area contributed by atoms with E-state index in [1.807, 2.05) is 30.3 Å². The van der Waals surface area contributed by atoms with Gasteiger partial charge in [-0.1, -0.05) is 30.3 Å². The van der Waals surface area contributed by atoms with Gasteiger partial charge in [0.15, 0.2) is 0 Å². The molecular formula is C21H24N2O5. The van der Waals surface area contributed by atoms with E-state index in [4.69, 9.17) is 4.74 Å². The SMILES string of the molecule is COC(=O)[C@@H]1C[C@@H](O)CN1C(=O)c1c(C)ccn(CCc2ccccc2)c1=O. The fourth-order valence-corrected chi connectivity index (χ4v) is 3.54. The van der Waals surface area contributed by atoms with E-state index in [9.17, 15) is 19.5 Å². The summed E-state index contributed by atoms with van der Waals surface area (Å²) in [6.07, 6.45) is 1.61. The number of aryl methyl sites for hydroxylation is 3. The number of rotatable bonds is 5. The van der Waals surface area contributed by atoms with Crippen LogP contribution in [0.1, 0.15) is 27.9 Å². The highest BCUT2D eigenvalue weighted by molar-refractivity contribution is 5.98. The molecule has 1 aromatic heterocycles. The minimum Gasteiger partial charge on any atom is -0.467 e. The molecule has 7 nitrogen and oxygen atoms in total. The molecule has 28 heavy (non-hydrogen) atoms. The second-order valence-electron chi connectivity index (χ2n) is 6.99. The summed E-state index contributed by atoms with van der Waals surface area (Å²) in [5.41, 5.74) is 1.26. The minimum absolute atomic E-state index is 0.00358. The molecule has 0 radical (unpaired) electrons. The summed E-state index contributed by atoms with van der Waals surface area (Å²) in [6, 6.07) is 10.6. The molecule has 0 bridgehead atoms. The molecule has 7 heteroatoms. The molecule has 1 fully saturated rings. The highest BCUT2D eigenvalue weighted by Gasteiger charge is 2.41. The predicted molar refractivity (Wildman–Crippen MR) is 103 cm³/mol. The van der Waals surface area contributed by atoms with Gasteiger partial charge >= 0.3 is 5.97 Å². The van der Waals surface area contributed by atoms with Crippen LogP contribution in [0.2, 0.25) is 0 Å². The number of ether oxygens (including phenoxy) is 1. The smallest absolute Gasteiger partial charge is 0.328 e. The Kier molecular flexibility index (Phi) is 5.94. The van der Waals surface area contributed by atoms with Gasteiger partial charge in [-0.25, -0.2) is 4.79 Å². The molecule has 0 saturated carbocycles. The number of hydrogen-bond acceptors (Lipinski definition) is 5. The molecule has 2 aromatic rings. The normalized spacial score (nSPS) is 18.9. The van der Waals surface area contributed by atoms with E-state index in [1.165, 1.54) is 16.6 Å². The van der Waals surface area contributed by atoms with Crippen molar-refractivity contribution in [3.05, 3.63) is 69.6 Å². The fraction of sp³-hybridized carbons (Fsp3) is 0.381. The molecule has 1 saturated heterocycles. The highest BCUT2D eigenvalue weighted by atomic mass is 16.5. The number of carbonyl (C=O) groups is 2. The first-order valence-corrected chi connectivity index (χ1v) is 9.23. The van der Waals surface area contributed by atoms with Crippen molar-refractivity contribution in [1.29, 1.82) is 0 Å². The Bertz CT molecular complexity index is 922. The van der Waals surface area contributed by atoms with Crippen LogP contribution < -0.4 is 5.56 Å². The number of aliphatic hydroxyl groups excluding tert-OH is 1. The predicted octanol–water partition coefficient (Wildman–Crippen LogP) is 1.15. The van der Waals surface area contributed by atoms with Crippen molar-refractivity contribution in [2.24, 2.45) is 0 Å². The number of esters is 1. The molecule has 148 valence electrons. The third kappa shape index (κ3) is 3.99. The second-order valence-corrected chi connectivity index (χ2v) is 6.99. The van der Waals surface area contributed by atoms with Crippen LogP contribution in [0.3, 0.4) is 0 Å². The van der Waals surface area contributed by atoms with Crippen LogP contribution in [0.15, 0.2) is 47.4 Å². The van der Waals surface area contributed by atoms with Crippen LogP contribution in [0, 0.1) is 6.92 Å². The number of nitrogens with zero attached hydrogens (tertiary/aromatic N) is 2. The van der Waals surface area contributed by atoms with Gasteiger partial charge in [-0.3, -0.25) is 9.59 Å². The Labute approximate surface area is 163 Å². The molecule has 0 aliphatic carbocycles. The number of β-amino-alcohol motifs (C(OH)–C–C–N with tert-alkyl or cyclic N) is 1. The first kappa shape index (κ1) is 19.8. The van der Waals surface area contributed by atoms with Crippen molar-refractivity contribution >= 4 is 11.9 Å². The van der Waals surface area contributed by atoms with E-state index < -0.39 is 29.6 Å². The van der Waals surface area contributed by atoms with E-state index in [-0.39, 0.29) is 18.5 Å². The van der Waals surface area contributed by atoms with Gasteiger partial charge in [0, 0.05) is 25.7 Å². The summed E-state index contributed by atoms with van der Waals surface area (Å²) in [4.78, 5) is 39.3. The zero-order valence-electron chi connectivity index (χ0n) is 16.0. The van der Waals surface area contributed by atoms with E-state index >= 15 is 0 Å². The van der Waals surface area contributed by atoms with Gasteiger partial charge in [0.2, 0.25) is 0 Å². The molecule has 1 N–H and O–H groups in total. The maximum atomic E-state index is 13.1. The maximum absolute atomic E-state index is 13.1. The third-order valence-electron chi connectivity index (χ3n) is 5.08. The fourth-order valence-electron chi connectivity index (χ4n) is 3.54. The standard InChI is InChI=1S/C21H24N2O5/c1-14-8-10-22(11-9-15-6-4-3-5-7-15)19(25)18(14)20(26)23-13-16(24)12-17(23)21(27)28-2/h3-8,10,16-17,24H,9,11-13H2,1-2H3/t16-,17+/m1/s1. The molecule has 0 unspecified atom stereocenters. The van der Waals surface area contributed by atoms with Gasteiger partial charge < -0.3 is 19.3 Å². The van der Waals surface area contributed by atoms with Crippen molar-refractivity contribution in [3.63, 3.8) is 0 Å². The number of hydrogen-bond donors (Lipinski definition) is 1. The Balaban J connectivity index is 1.87. The van der Waals surface area contributed by atoms with Gasteiger partial charge in [0.05, 0.1) is 13.2 Å². The summed E-state index contributed by atoms with van der Waals surface area (Å²) < 4.78 is 6.25. The van der Waals surface area contributed by atoms with Crippen molar-refractivity contribution in [1.82, 2.24) is 9.47 Å². The van der Waals surface area contributed by atoms with E-state index in [1.54, 1.807) is 19.2 Å². The Morgan fingerprint density at radius 1 is 1.21 bits per heavy atom. The Morgan fingerprint density at radius 2 is 1.93 bits per heavy atom. The molecule has 1 aromatic carbocycles. The lowest BCUT2D eigenvalue weighted by atomic mass is 10.1. The quantitative estimate of drug-likeness (QED) is 0.781. The number of aromatic nitrogens is 1. The number of methoxy groups -OCH3 is 1. The van der Waals surface area contributed by atoms with Crippen LogP contribution in [0.5, 0.6) is 0 Å². The highest BCUT2D eigenvalue weighted by Crippen LogP contribution is 2.22. The molecular weight excluding hydrogens is 360 g/mol. The molecule has 3 rings (SSSR count). The van der Waals surface area contributed by atoms with Crippen LogP contribution in [0.4, 0.5) is 0 Å². The monoisotopic (exact) mass is 384 g/mol. The number of aliphatic hydroxyl groups is 1. The van der Waals surface area contributed by atoms with Crippen LogP contribution in [0.25, 0.3) is 0 Å². The molecule has 2 atom stereocenters. The van der Waals surface area contributed by atoms with Gasteiger partial charge in [0.1, 0.15) is 11.6 Å². The third-order valence-corrected chi connectivity index (χ3v) is 5.08. The minimum atomic E-state index is -0.885. The lowest BCUT2D eigenvalue weighted by Gasteiger charge is -2.23.